The van der Waals surface area contributed by atoms with Gasteiger partial charge in [0.15, 0.2) is 0 Å². The number of nitrogen functional groups attached to an aromatic ring is 1. The van der Waals surface area contributed by atoms with E-state index in [1.54, 1.807) is 19.9 Å². The van der Waals surface area contributed by atoms with E-state index in [4.69, 9.17) is 5.73 Å². The summed E-state index contributed by atoms with van der Waals surface area (Å²) in [6.07, 6.45) is -0.594. The molecule has 116 valence electrons. The molecule has 0 aromatic heterocycles. The predicted octanol–water partition coefficient (Wildman–Crippen LogP) is 2.44. The van der Waals surface area contributed by atoms with E-state index in [-0.39, 0.29) is 12.3 Å². The fourth-order valence-electron chi connectivity index (χ4n) is 2.39. The van der Waals surface area contributed by atoms with Gasteiger partial charge in [-0.1, -0.05) is 48.5 Å². The van der Waals surface area contributed by atoms with Crippen LogP contribution in [0.15, 0.2) is 54.6 Å². The molecule has 0 heterocycles. The molecule has 0 aliphatic rings. The van der Waals surface area contributed by atoms with Crippen LogP contribution in [-0.4, -0.2) is 16.6 Å². The molecule has 0 bridgehead atoms. The Balaban J connectivity index is 2.05. The molecular formula is C18H22N2O2. The molecule has 4 N–H and O–H groups in total. The fourth-order valence-corrected chi connectivity index (χ4v) is 2.39. The van der Waals surface area contributed by atoms with Gasteiger partial charge in [-0.15, -0.1) is 0 Å². The first-order chi connectivity index (χ1) is 10.4. The van der Waals surface area contributed by atoms with Crippen molar-refractivity contribution in [1.29, 1.82) is 0 Å². The maximum atomic E-state index is 12.2. The van der Waals surface area contributed by atoms with Crippen molar-refractivity contribution in [3.63, 3.8) is 0 Å². The molecule has 2 rings (SSSR count). The summed E-state index contributed by atoms with van der Waals surface area (Å²) in [6, 6.07) is 16.6. The zero-order chi connectivity index (χ0) is 16.2. The molecule has 0 aliphatic carbocycles. The number of rotatable bonds is 5. The van der Waals surface area contributed by atoms with Gasteiger partial charge in [0.05, 0.1) is 12.0 Å². The minimum Gasteiger partial charge on any atom is -0.398 e. The quantitative estimate of drug-likeness (QED) is 0.742. The van der Waals surface area contributed by atoms with Crippen molar-refractivity contribution < 1.29 is 9.90 Å². The summed E-state index contributed by atoms with van der Waals surface area (Å²) in [5.41, 5.74) is 7.23. The molecule has 22 heavy (non-hydrogen) atoms. The maximum absolute atomic E-state index is 12.2. The number of anilines is 1. The molecule has 0 spiro atoms. The molecule has 4 nitrogen and oxygen atoms in total. The maximum Gasteiger partial charge on any atom is 0.225 e. The lowest BCUT2D eigenvalue weighted by Gasteiger charge is -2.32. The van der Waals surface area contributed by atoms with Crippen LogP contribution >= 0.6 is 0 Å². The second-order valence-electron chi connectivity index (χ2n) is 5.96. The predicted molar refractivity (Wildman–Crippen MR) is 88.2 cm³/mol. The lowest BCUT2D eigenvalue weighted by atomic mass is 9.91. The number of aliphatic hydroxyl groups is 1. The number of nitrogens with two attached hydrogens (primary N) is 1. The Kier molecular flexibility index (Phi) is 4.83. The molecule has 0 unspecified atom stereocenters. The normalized spacial score (nSPS) is 12.7. The van der Waals surface area contributed by atoms with Gasteiger partial charge in [-0.05, 0) is 31.0 Å². The average molecular weight is 298 g/mol. The molecule has 0 saturated carbocycles. The molecule has 1 atom stereocenters. The molecule has 0 saturated heterocycles. The van der Waals surface area contributed by atoms with Gasteiger partial charge < -0.3 is 16.2 Å². The molecule has 4 heteroatoms. The highest BCUT2D eigenvalue weighted by molar-refractivity contribution is 5.81. The van der Waals surface area contributed by atoms with Crippen LogP contribution in [-0.2, 0) is 11.2 Å². The number of benzene rings is 2. The van der Waals surface area contributed by atoms with Crippen molar-refractivity contribution in [1.82, 2.24) is 5.32 Å². The average Bonchev–Trinajstić information content (AvgIpc) is 2.49. The molecule has 2 aromatic carbocycles. The smallest absolute Gasteiger partial charge is 0.225 e. The van der Waals surface area contributed by atoms with Crippen LogP contribution < -0.4 is 11.1 Å². The Morgan fingerprint density at radius 3 is 2.36 bits per heavy atom. The minimum absolute atomic E-state index is 0.169. The summed E-state index contributed by atoms with van der Waals surface area (Å²) < 4.78 is 0. The van der Waals surface area contributed by atoms with Crippen LogP contribution in [0, 0.1) is 0 Å². The molecule has 1 amide bonds. The van der Waals surface area contributed by atoms with Gasteiger partial charge in [-0.25, -0.2) is 0 Å². The summed E-state index contributed by atoms with van der Waals surface area (Å²) >= 11 is 0. The third kappa shape index (κ3) is 3.86. The zero-order valence-corrected chi connectivity index (χ0v) is 12.9. The summed E-state index contributed by atoms with van der Waals surface area (Å²) in [5.74, 6) is -0.169. The van der Waals surface area contributed by atoms with E-state index in [1.807, 2.05) is 48.5 Å². The number of hydrogen-bond donors (Lipinski definition) is 3. The highest BCUT2D eigenvalue weighted by Crippen LogP contribution is 2.25. The molecule has 2 aromatic rings. The van der Waals surface area contributed by atoms with Gasteiger partial charge in [0.1, 0.15) is 6.10 Å². The first-order valence-corrected chi connectivity index (χ1v) is 7.27. The monoisotopic (exact) mass is 298 g/mol. The van der Waals surface area contributed by atoms with E-state index in [2.05, 4.69) is 5.32 Å². The first kappa shape index (κ1) is 16.0. The third-order valence-electron chi connectivity index (χ3n) is 3.67. The van der Waals surface area contributed by atoms with Gasteiger partial charge in [0.25, 0.3) is 0 Å². The summed E-state index contributed by atoms with van der Waals surface area (Å²) in [7, 11) is 0. The highest BCUT2D eigenvalue weighted by Gasteiger charge is 2.30. The van der Waals surface area contributed by atoms with Crippen LogP contribution in [0.1, 0.15) is 31.1 Å². The third-order valence-corrected chi connectivity index (χ3v) is 3.67. The summed E-state index contributed by atoms with van der Waals surface area (Å²) in [5, 5.41) is 13.4. The number of carbonyl (C=O) groups excluding carboxylic acids is 1. The van der Waals surface area contributed by atoms with E-state index >= 15 is 0 Å². The number of hydrogen-bond acceptors (Lipinski definition) is 3. The van der Waals surface area contributed by atoms with Crippen LogP contribution in [0.5, 0.6) is 0 Å². The standard InChI is InChI=1S/C18H22N2O2/c1-18(2,17(22)13-8-4-3-5-9-13)20-16(21)12-14-10-6-7-11-15(14)19/h3-11,17,22H,12,19H2,1-2H3,(H,20,21)/t17-/m1/s1. The minimum atomic E-state index is -0.786. The second kappa shape index (κ2) is 6.62. The van der Waals surface area contributed by atoms with Crippen molar-refractivity contribution in [3.8, 4) is 0 Å². The Hall–Kier alpha value is -2.33. The topological polar surface area (TPSA) is 75.4 Å². The van der Waals surface area contributed by atoms with Crippen molar-refractivity contribution in [2.45, 2.75) is 31.9 Å². The number of nitrogens with one attached hydrogen (secondary N) is 1. The fraction of sp³-hybridized carbons (Fsp3) is 0.278. The van der Waals surface area contributed by atoms with Gasteiger partial charge in [-0.2, -0.15) is 0 Å². The number of carbonyl (C=O) groups is 1. The van der Waals surface area contributed by atoms with Crippen LogP contribution in [0.2, 0.25) is 0 Å². The van der Waals surface area contributed by atoms with Crippen LogP contribution in [0.25, 0.3) is 0 Å². The molecule has 0 radical (unpaired) electrons. The number of para-hydroxylation sites is 1. The van der Waals surface area contributed by atoms with E-state index in [0.29, 0.717) is 5.69 Å². The van der Waals surface area contributed by atoms with Crippen molar-refractivity contribution in [2.75, 3.05) is 5.73 Å². The van der Waals surface area contributed by atoms with Crippen molar-refractivity contribution in [3.05, 3.63) is 65.7 Å². The molecular weight excluding hydrogens is 276 g/mol. The highest BCUT2D eigenvalue weighted by atomic mass is 16.3. The Bertz CT molecular complexity index is 639. The Labute approximate surface area is 131 Å². The first-order valence-electron chi connectivity index (χ1n) is 7.27. The number of amides is 1. The van der Waals surface area contributed by atoms with Gasteiger partial charge in [-0.3, -0.25) is 4.79 Å². The Morgan fingerprint density at radius 1 is 1.14 bits per heavy atom. The number of aliphatic hydroxyl groups excluding tert-OH is 1. The van der Waals surface area contributed by atoms with Gasteiger partial charge in [0.2, 0.25) is 5.91 Å². The molecule has 0 fully saturated rings. The lowest BCUT2D eigenvalue weighted by Crippen LogP contribution is -2.48. The van der Waals surface area contributed by atoms with E-state index in [0.717, 1.165) is 11.1 Å². The van der Waals surface area contributed by atoms with E-state index < -0.39 is 11.6 Å². The Morgan fingerprint density at radius 2 is 1.73 bits per heavy atom. The zero-order valence-electron chi connectivity index (χ0n) is 12.9. The largest absolute Gasteiger partial charge is 0.398 e. The lowest BCUT2D eigenvalue weighted by molar-refractivity contribution is -0.123. The van der Waals surface area contributed by atoms with Crippen molar-refractivity contribution >= 4 is 11.6 Å². The van der Waals surface area contributed by atoms with Gasteiger partial charge in [0, 0.05) is 5.69 Å². The SMILES string of the molecule is CC(C)(NC(=O)Cc1ccccc1N)[C@H](O)c1ccccc1. The van der Waals surface area contributed by atoms with Gasteiger partial charge >= 0.3 is 0 Å². The van der Waals surface area contributed by atoms with E-state index in [1.165, 1.54) is 0 Å². The second-order valence-corrected chi connectivity index (χ2v) is 5.96. The van der Waals surface area contributed by atoms with Crippen LogP contribution in [0.4, 0.5) is 5.69 Å². The molecule has 0 aliphatic heterocycles. The van der Waals surface area contributed by atoms with Crippen molar-refractivity contribution in [2.24, 2.45) is 0 Å². The summed E-state index contributed by atoms with van der Waals surface area (Å²) in [4.78, 5) is 12.2. The summed E-state index contributed by atoms with van der Waals surface area (Å²) in [6.45, 7) is 3.60. The van der Waals surface area contributed by atoms with Crippen LogP contribution in [0.3, 0.4) is 0 Å². The van der Waals surface area contributed by atoms with E-state index in [9.17, 15) is 9.90 Å².